The fourth-order valence-electron chi connectivity index (χ4n) is 1.65. The Morgan fingerprint density at radius 2 is 2.31 bits per heavy atom. The summed E-state index contributed by atoms with van der Waals surface area (Å²) in [6, 6.07) is 0. The largest absolute Gasteiger partial charge is 0.299 e. The minimum Gasteiger partial charge on any atom is -0.299 e. The summed E-state index contributed by atoms with van der Waals surface area (Å²) in [6.07, 6.45) is 7.14. The fraction of sp³-hybridized carbons (Fsp3) is 0.750. The van der Waals surface area contributed by atoms with E-state index in [1.54, 1.807) is 0 Å². The molecule has 1 aliphatic carbocycles. The van der Waals surface area contributed by atoms with Crippen molar-refractivity contribution < 1.29 is 4.79 Å². The van der Waals surface area contributed by atoms with Gasteiger partial charge in [-0.15, -0.1) is 11.8 Å². The van der Waals surface area contributed by atoms with Crippen LogP contribution < -0.4 is 0 Å². The van der Waals surface area contributed by atoms with Gasteiger partial charge in [-0.2, -0.15) is 0 Å². The van der Waals surface area contributed by atoms with Gasteiger partial charge in [0.05, 0.1) is 0 Å². The molecule has 1 fully saturated rings. The van der Waals surface area contributed by atoms with Crippen molar-refractivity contribution in [2.45, 2.75) is 51.9 Å². The van der Waals surface area contributed by atoms with Gasteiger partial charge in [-0.25, -0.2) is 0 Å². The molecule has 0 heterocycles. The molecule has 0 radical (unpaired) electrons. The molecule has 1 atom stereocenters. The summed E-state index contributed by atoms with van der Waals surface area (Å²) in [5.41, 5.74) is 0. The highest BCUT2D eigenvalue weighted by molar-refractivity contribution is 5.83. The quantitative estimate of drug-likeness (QED) is 0.479. The Balaban J connectivity index is 2.16. The van der Waals surface area contributed by atoms with Crippen LogP contribution in [0.1, 0.15) is 51.9 Å². The summed E-state index contributed by atoms with van der Waals surface area (Å²) < 4.78 is 0. The van der Waals surface area contributed by atoms with Crippen LogP contribution in [-0.4, -0.2) is 5.78 Å². The first-order valence-electron chi connectivity index (χ1n) is 5.33. The molecule has 0 saturated heterocycles. The Morgan fingerprint density at radius 3 is 2.92 bits per heavy atom. The van der Waals surface area contributed by atoms with Crippen LogP contribution in [0.2, 0.25) is 0 Å². The van der Waals surface area contributed by atoms with Crippen molar-refractivity contribution >= 4 is 5.78 Å². The highest BCUT2D eigenvalue weighted by Gasteiger charge is 2.22. The standard InChI is InChI=1S/C12H18O/c1-2-3-4-5-6-8-11-9-7-10-12(11)13/h11H,2-4,7-10H2,1H3. The van der Waals surface area contributed by atoms with E-state index in [0.29, 0.717) is 5.78 Å². The monoisotopic (exact) mass is 178 g/mol. The molecule has 0 aromatic carbocycles. The van der Waals surface area contributed by atoms with Crippen LogP contribution in [0.3, 0.4) is 0 Å². The number of ketones is 1. The van der Waals surface area contributed by atoms with Gasteiger partial charge in [0.15, 0.2) is 0 Å². The van der Waals surface area contributed by atoms with Gasteiger partial charge in [0, 0.05) is 25.2 Å². The van der Waals surface area contributed by atoms with Gasteiger partial charge in [0.2, 0.25) is 0 Å². The van der Waals surface area contributed by atoms with E-state index >= 15 is 0 Å². The van der Waals surface area contributed by atoms with Crippen LogP contribution in [0, 0.1) is 17.8 Å². The van der Waals surface area contributed by atoms with E-state index < -0.39 is 0 Å². The van der Waals surface area contributed by atoms with Crippen molar-refractivity contribution in [3.8, 4) is 11.8 Å². The van der Waals surface area contributed by atoms with Gasteiger partial charge >= 0.3 is 0 Å². The third kappa shape index (κ3) is 3.63. The second-order valence-electron chi connectivity index (χ2n) is 3.72. The normalized spacial score (nSPS) is 21.3. The van der Waals surface area contributed by atoms with Crippen LogP contribution in [0.25, 0.3) is 0 Å². The molecule has 0 amide bonds. The molecule has 1 saturated carbocycles. The molecule has 0 aromatic heterocycles. The van der Waals surface area contributed by atoms with E-state index in [4.69, 9.17) is 0 Å². The van der Waals surface area contributed by atoms with Crippen LogP contribution in [0.15, 0.2) is 0 Å². The van der Waals surface area contributed by atoms with Crippen LogP contribution in [0.5, 0.6) is 0 Å². The zero-order chi connectivity index (χ0) is 9.52. The van der Waals surface area contributed by atoms with E-state index in [0.717, 1.165) is 32.1 Å². The molecular weight excluding hydrogens is 160 g/mol. The second kappa shape index (κ2) is 5.80. The Kier molecular flexibility index (Phi) is 4.60. The van der Waals surface area contributed by atoms with Crippen LogP contribution >= 0.6 is 0 Å². The van der Waals surface area contributed by atoms with E-state index in [1.807, 2.05) is 0 Å². The second-order valence-corrected chi connectivity index (χ2v) is 3.72. The highest BCUT2D eigenvalue weighted by Crippen LogP contribution is 2.23. The average molecular weight is 178 g/mol. The van der Waals surface area contributed by atoms with Gasteiger partial charge in [0.1, 0.15) is 5.78 Å². The van der Waals surface area contributed by atoms with E-state index in [2.05, 4.69) is 18.8 Å². The zero-order valence-corrected chi connectivity index (χ0v) is 8.44. The molecule has 0 N–H and O–H groups in total. The Hall–Kier alpha value is -0.770. The van der Waals surface area contributed by atoms with Gasteiger partial charge in [-0.3, -0.25) is 4.79 Å². The van der Waals surface area contributed by atoms with Gasteiger partial charge < -0.3 is 0 Å². The number of unbranched alkanes of at least 4 members (excludes halogenated alkanes) is 2. The molecule has 1 rings (SSSR count). The van der Waals surface area contributed by atoms with Crippen molar-refractivity contribution in [1.82, 2.24) is 0 Å². The smallest absolute Gasteiger partial charge is 0.136 e. The number of hydrogen-bond acceptors (Lipinski definition) is 1. The van der Waals surface area contributed by atoms with Crippen molar-refractivity contribution in [1.29, 1.82) is 0 Å². The van der Waals surface area contributed by atoms with Gasteiger partial charge in [0.25, 0.3) is 0 Å². The topological polar surface area (TPSA) is 17.1 Å². The third-order valence-corrected chi connectivity index (χ3v) is 2.56. The summed E-state index contributed by atoms with van der Waals surface area (Å²) in [6.45, 7) is 2.17. The summed E-state index contributed by atoms with van der Waals surface area (Å²) in [4.78, 5) is 11.2. The van der Waals surface area contributed by atoms with Crippen molar-refractivity contribution in [2.75, 3.05) is 0 Å². The highest BCUT2D eigenvalue weighted by atomic mass is 16.1. The lowest BCUT2D eigenvalue weighted by molar-refractivity contribution is -0.120. The minimum atomic E-state index is 0.272. The van der Waals surface area contributed by atoms with Crippen molar-refractivity contribution in [2.24, 2.45) is 5.92 Å². The summed E-state index contributed by atoms with van der Waals surface area (Å²) in [5.74, 6) is 6.96. The molecule has 0 aromatic rings. The molecule has 1 unspecified atom stereocenters. The number of hydrogen-bond donors (Lipinski definition) is 0. The van der Waals surface area contributed by atoms with Gasteiger partial charge in [-0.05, 0) is 19.3 Å². The zero-order valence-electron chi connectivity index (χ0n) is 8.44. The first-order valence-corrected chi connectivity index (χ1v) is 5.33. The lowest BCUT2D eigenvalue weighted by atomic mass is 10.0. The lowest BCUT2D eigenvalue weighted by Gasteiger charge is -1.99. The summed E-state index contributed by atoms with van der Waals surface area (Å²) in [7, 11) is 0. The SMILES string of the molecule is CCCCC#CCC1CCCC1=O. The number of carbonyl (C=O) groups excluding carboxylic acids is 1. The molecule has 0 bridgehead atoms. The van der Waals surface area contributed by atoms with Crippen LogP contribution in [0.4, 0.5) is 0 Å². The Bertz CT molecular complexity index is 219. The molecule has 0 spiro atoms. The summed E-state index contributed by atoms with van der Waals surface area (Å²) >= 11 is 0. The average Bonchev–Trinajstić information content (AvgIpc) is 2.52. The molecule has 1 heteroatoms. The van der Waals surface area contributed by atoms with Crippen LogP contribution in [-0.2, 0) is 4.79 Å². The van der Waals surface area contributed by atoms with Crippen molar-refractivity contribution in [3.63, 3.8) is 0 Å². The fourth-order valence-corrected chi connectivity index (χ4v) is 1.65. The maximum atomic E-state index is 11.2. The molecule has 0 aliphatic heterocycles. The van der Waals surface area contributed by atoms with Gasteiger partial charge in [-0.1, -0.05) is 13.3 Å². The number of Topliss-reactive ketones (excluding diaryl/α,β-unsaturated/α-hetero) is 1. The Morgan fingerprint density at radius 1 is 1.46 bits per heavy atom. The van der Waals surface area contributed by atoms with Crippen molar-refractivity contribution in [3.05, 3.63) is 0 Å². The maximum absolute atomic E-state index is 11.2. The van der Waals surface area contributed by atoms with E-state index in [-0.39, 0.29) is 5.92 Å². The molecule has 1 nitrogen and oxygen atoms in total. The Labute approximate surface area is 80.9 Å². The predicted octanol–water partition coefficient (Wildman–Crippen LogP) is 2.94. The van der Waals surface area contributed by atoms with E-state index in [9.17, 15) is 4.79 Å². The molecule has 72 valence electrons. The lowest BCUT2D eigenvalue weighted by Crippen LogP contribution is -2.04. The molecular formula is C12H18O. The predicted molar refractivity (Wildman–Crippen MR) is 54.3 cm³/mol. The molecule has 1 aliphatic rings. The first kappa shape index (κ1) is 10.3. The third-order valence-electron chi connectivity index (χ3n) is 2.56. The summed E-state index contributed by atoms with van der Waals surface area (Å²) in [5, 5.41) is 0. The first-order chi connectivity index (χ1) is 6.34. The van der Waals surface area contributed by atoms with E-state index in [1.165, 1.54) is 12.8 Å². The maximum Gasteiger partial charge on any atom is 0.136 e. The number of carbonyl (C=O) groups is 1. The minimum absolute atomic E-state index is 0.272. The number of rotatable bonds is 3. The molecule has 13 heavy (non-hydrogen) atoms.